The lowest BCUT2D eigenvalue weighted by atomic mass is 10.1. The van der Waals surface area contributed by atoms with Crippen LogP contribution in [0.2, 0.25) is 0 Å². The lowest BCUT2D eigenvalue weighted by molar-refractivity contribution is 0.127. The summed E-state index contributed by atoms with van der Waals surface area (Å²) >= 11 is 0. The van der Waals surface area contributed by atoms with Crippen molar-refractivity contribution in [2.45, 2.75) is 40.5 Å². The predicted molar refractivity (Wildman–Crippen MR) is 96.3 cm³/mol. The van der Waals surface area contributed by atoms with Gasteiger partial charge in [0, 0.05) is 18.4 Å². The summed E-state index contributed by atoms with van der Waals surface area (Å²) in [6.45, 7) is 7.94. The highest BCUT2D eigenvalue weighted by atomic mass is 31.2. The van der Waals surface area contributed by atoms with E-state index in [0.29, 0.717) is 16.2 Å². The molecule has 2 aliphatic heterocycles. The van der Waals surface area contributed by atoms with Gasteiger partial charge in [-0.15, -0.1) is 0 Å². The van der Waals surface area contributed by atoms with Crippen molar-refractivity contribution in [3.05, 3.63) is 34.7 Å². The molecule has 0 aromatic rings. The van der Waals surface area contributed by atoms with Crippen LogP contribution in [0.4, 0.5) is 0 Å². The molecule has 0 aromatic heterocycles. The summed E-state index contributed by atoms with van der Waals surface area (Å²) in [5.41, 5.74) is 0.680. The highest BCUT2D eigenvalue weighted by Gasteiger charge is 2.39. The molecule has 8 nitrogen and oxygen atoms in total. The van der Waals surface area contributed by atoms with Gasteiger partial charge in [0.25, 0.3) is 5.95 Å². The summed E-state index contributed by atoms with van der Waals surface area (Å²) in [5, 5.41) is 0.792. The molecule has 0 radical (unpaired) electrons. The fourth-order valence-corrected chi connectivity index (χ4v) is 5.88. The molecular weight excluding hydrogens is 382 g/mol. The third-order valence-corrected chi connectivity index (χ3v) is 7.91. The zero-order chi connectivity index (χ0) is 19.2. The van der Waals surface area contributed by atoms with Gasteiger partial charge in [-0.1, -0.05) is 0 Å². The maximum atomic E-state index is 13.0. The van der Waals surface area contributed by atoms with E-state index in [2.05, 4.69) is 0 Å². The topological polar surface area (TPSA) is 89.5 Å². The maximum absolute atomic E-state index is 13.0. The van der Waals surface area contributed by atoms with Gasteiger partial charge in [-0.25, -0.2) is 0 Å². The van der Waals surface area contributed by atoms with Crippen molar-refractivity contribution in [3.8, 4) is 0 Å². The molecule has 0 saturated heterocycles. The minimum absolute atomic E-state index is 0.242. The number of ether oxygens (including phenoxy) is 2. The van der Waals surface area contributed by atoms with Gasteiger partial charge in [0.1, 0.15) is 12.5 Å². The summed E-state index contributed by atoms with van der Waals surface area (Å²) in [5.74, 6) is 0.275. The van der Waals surface area contributed by atoms with Crippen LogP contribution < -0.4 is 0 Å². The Hall–Kier alpha value is -0.880. The Bertz CT molecular complexity index is 618. The minimum atomic E-state index is -3.45. The number of hydrogen-bond acceptors (Lipinski definition) is 8. The molecule has 10 heteroatoms. The molecule has 0 aromatic carbocycles. The smallest absolute Gasteiger partial charge is 0.360 e. The molecule has 2 aliphatic rings. The molecule has 0 fully saturated rings. The summed E-state index contributed by atoms with van der Waals surface area (Å²) in [6.07, 6.45) is 3.22. The van der Waals surface area contributed by atoms with E-state index in [0.717, 1.165) is 0 Å². The molecule has 0 aliphatic carbocycles. The van der Waals surface area contributed by atoms with E-state index >= 15 is 0 Å². The van der Waals surface area contributed by atoms with Crippen molar-refractivity contribution in [1.82, 2.24) is 0 Å². The summed E-state index contributed by atoms with van der Waals surface area (Å²) in [6, 6.07) is 0. The van der Waals surface area contributed by atoms with Gasteiger partial charge >= 0.3 is 15.2 Å². The van der Waals surface area contributed by atoms with Crippen LogP contribution in [0.25, 0.3) is 0 Å². The second-order valence-electron chi connectivity index (χ2n) is 5.36. The van der Waals surface area contributed by atoms with Crippen LogP contribution in [0.15, 0.2) is 34.7 Å². The molecule has 26 heavy (non-hydrogen) atoms. The second-order valence-corrected chi connectivity index (χ2v) is 9.54. The average molecular weight is 408 g/mol. The van der Waals surface area contributed by atoms with Gasteiger partial charge in [-0.3, -0.25) is 9.13 Å². The first kappa shape index (κ1) is 21.4. The normalized spacial score (nSPS) is 17.8. The Kier molecular flexibility index (Phi) is 7.71. The van der Waals surface area contributed by atoms with Gasteiger partial charge in [0.05, 0.1) is 37.1 Å². The summed E-state index contributed by atoms with van der Waals surface area (Å²) in [7, 11) is -6.90. The second kappa shape index (κ2) is 9.36. The Morgan fingerprint density at radius 2 is 1.12 bits per heavy atom. The third kappa shape index (κ3) is 4.69. The van der Waals surface area contributed by atoms with E-state index in [9.17, 15) is 9.13 Å². The van der Waals surface area contributed by atoms with E-state index in [4.69, 9.17) is 27.6 Å². The molecule has 0 unspecified atom stereocenters. The highest BCUT2D eigenvalue weighted by molar-refractivity contribution is 7.58. The van der Waals surface area contributed by atoms with E-state index in [1.165, 1.54) is 12.5 Å². The lowest BCUT2D eigenvalue weighted by Crippen LogP contribution is -2.12. The Balaban J connectivity index is 2.18. The molecule has 0 N–H and O–H groups in total. The van der Waals surface area contributed by atoms with E-state index in [-0.39, 0.29) is 45.2 Å². The van der Waals surface area contributed by atoms with E-state index < -0.39 is 15.2 Å². The predicted octanol–water partition coefficient (Wildman–Crippen LogP) is 5.25. The molecule has 2 heterocycles. The minimum Gasteiger partial charge on any atom is -0.433 e. The first-order chi connectivity index (χ1) is 12.4. The van der Waals surface area contributed by atoms with Crippen molar-refractivity contribution < 1.29 is 36.7 Å². The van der Waals surface area contributed by atoms with Crippen LogP contribution in [0, 0.1) is 0 Å². The van der Waals surface area contributed by atoms with Gasteiger partial charge in [0.15, 0.2) is 0 Å². The van der Waals surface area contributed by atoms with Crippen molar-refractivity contribution in [2.24, 2.45) is 0 Å². The number of allylic oxidation sites excluding steroid dienone is 3. The molecule has 0 amide bonds. The van der Waals surface area contributed by atoms with Crippen molar-refractivity contribution in [3.63, 3.8) is 0 Å². The van der Waals surface area contributed by atoms with Crippen LogP contribution in [0.3, 0.4) is 0 Å². The molecule has 0 atom stereocenters. The van der Waals surface area contributed by atoms with Crippen molar-refractivity contribution >= 4 is 15.2 Å². The van der Waals surface area contributed by atoms with Crippen molar-refractivity contribution in [2.75, 3.05) is 26.4 Å². The fraction of sp³-hybridized carbons (Fsp3) is 0.625. The van der Waals surface area contributed by atoms with Gasteiger partial charge in [-0.05, 0) is 27.7 Å². The van der Waals surface area contributed by atoms with Crippen LogP contribution in [-0.4, -0.2) is 26.4 Å². The molecule has 0 spiro atoms. The molecule has 0 saturated carbocycles. The number of hydrogen-bond donors (Lipinski definition) is 0. The van der Waals surface area contributed by atoms with Gasteiger partial charge < -0.3 is 27.6 Å². The summed E-state index contributed by atoms with van der Waals surface area (Å²) in [4.78, 5) is 0. The van der Waals surface area contributed by atoms with Gasteiger partial charge in [-0.2, -0.15) is 0 Å². The summed E-state index contributed by atoms with van der Waals surface area (Å²) < 4.78 is 58.3. The Labute approximate surface area is 154 Å². The van der Waals surface area contributed by atoms with Crippen LogP contribution >= 0.6 is 15.2 Å². The van der Waals surface area contributed by atoms with E-state index in [1.807, 2.05) is 0 Å². The van der Waals surface area contributed by atoms with E-state index in [1.54, 1.807) is 27.7 Å². The Morgan fingerprint density at radius 3 is 1.42 bits per heavy atom. The molecule has 148 valence electrons. The quantitative estimate of drug-likeness (QED) is 0.453. The number of rotatable bonds is 10. The third-order valence-electron chi connectivity index (χ3n) is 3.58. The monoisotopic (exact) mass is 408 g/mol. The average Bonchev–Trinajstić information content (AvgIpc) is 2.61. The highest BCUT2D eigenvalue weighted by Crippen LogP contribution is 2.62. The van der Waals surface area contributed by atoms with Crippen LogP contribution in [0.5, 0.6) is 0 Å². The largest absolute Gasteiger partial charge is 0.433 e. The molecule has 2 rings (SSSR count). The molecule has 0 bridgehead atoms. The molecular formula is C16H26O8P2. The van der Waals surface area contributed by atoms with Crippen molar-refractivity contribution in [1.29, 1.82) is 0 Å². The van der Waals surface area contributed by atoms with Crippen LogP contribution in [-0.2, 0) is 36.7 Å². The first-order valence-electron chi connectivity index (χ1n) is 8.65. The Morgan fingerprint density at radius 1 is 0.769 bits per heavy atom. The zero-order valence-corrected chi connectivity index (χ0v) is 17.3. The fourth-order valence-electron chi connectivity index (χ4n) is 2.57. The lowest BCUT2D eigenvalue weighted by Gasteiger charge is -2.28. The van der Waals surface area contributed by atoms with Gasteiger partial charge in [0.2, 0.25) is 0 Å². The van der Waals surface area contributed by atoms with Crippen LogP contribution in [0.1, 0.15) is 40.5 Å². The first-order valence-corrected chi connectivity index (χ1v) is 11.7. The standard InChI is InChI=1S/C16H26O8P2/c1-5-21-25(17,22-6-2)14-9-13-10-15(12-20-16(13)19-11-14)26(18,23-7-3)24-8-4/h11-12H,5-10H2,1-4H3. The SMILES string of the molecule is CCOP(=O)(OCC)C1=COC2=C(C1)CC(P(=O)(OCC)OCC)=CO2. The maximum Gasteiger partial charge on any atom is 0.360 e. The zero-order valence-electron chi connectivity index (χ0n) is 15.6.